The van der Waals surface area contributed by atoms with E-state index >= 15 is 0 Å². The fraction of sp³-hybridized carbons (Fsp3) is 0.148. The Labute approximate surface area is 212 Å². The minimum absolute atomic E-state index is 0.00745. The molecule has 0 saturated carbocycles. The monoisotopic (exact) mass is 492 g/mol. The molecule has 0 fully saturated rings. The molecule has 10 nitrogen and oxygen atoms in total. The molecule has 0 atom stereocenters. The van der Waals surface area contributed by atoms with Crippen molar-refractivity contribution < 1.29 is 9.53 Å². The number of hydrogen-bond acceptors (Lipinski definition) is 6. The van der Waals surface area contributed by atoms with Crippen LogP contribution in [0, 0.1) is 6.92 Å². The van der Waals surface area contributed by atoms with Crippen LogP contribution in [-0.4, -0.2) is 47.3 Å². The summed E-state index contributed by atoms with van der Waals surface area (Å²) < 4.78 is 10.8. The molecule has 37 heavy (non-hydrogen) atoms. The first kappa shape index (κ1) is 22.5. The number of rotatable bonds is 8. The minimum Gasteiger partial charge on any atom is -0.495 e. The van der Waals surface area contributed by atoms with E-state index in [-0.39, 0.29) is 18.4 Å². The van der Waals surface area contributed by atoms with E-state index in [1.165, 1.54) is 4.68 Å². The van der Waals surface area contributed by atoms with Crippen LogP contribution in [0.25, 0.3) is 22.6 Å². The SMILES string of the molecule is COc1cc(-c2cn(CC(=O)Nc3cc(C4C=C4)nn3-c3ccccc3)nn2)ccc1-n1cnc(C)c1. The number of anilines is 1. The van der Waals surface area contributed by atoms with Gasteiger partial charge in [-0.05, 0) is 31.2 Å². The van der Waals surface area contributed by atoms with Crippen molar-refractivity contribution in [1.82, 2.24) is 34.3 Å². The molecule has 1 aliphatic rings. The smallest absolute Gasteiger partial charge is 0.247 e. The molecular weight excluding hydrogens is 468 g/mol. The predicted octanol–water partition coefficient (Wildman–Crippen LogP) is 3.93. The van der Waals surface area contributed by atoms with Gasteiger partial charge in [-0.3, -0.25) is 4.79 Å². The number of para-hydroxylation sites is 1. The molecule has 1 aliphatic carbocycles. The van der Waals surface area contributed by atoms with Crippen LogP contribution in [0.15, 0.2) is 85.5 Å². The maximum Gasteiger partial charge on any atom is 0.247 e. The van der Waals surface area contributed by atoms with E-state index in [0.717, 1.165) is 28.3 Å². The summed E-state index contributed by atoms with van der Waals surface area (Å²) in [5.41, 5.74) is 5.01. The number of ether oxygens (including phenoxy) is 1. The predicted molar refractivity (Wildman–Crippen MR) is 138 cm³/mol. The first-order valence-electron chi connectivity index (χ1n) is 11.8. The summed E-state index contributed by atoms with van der Waals surface area (Å²) >= 11 is 0. The zero-order valence-electron chi connectivity index (χ0n) is 20.3. The number of carbonyl (C=O) groups is 1. The Morgan fingerprint density at radius 1 is 1.08 bits per heavy atom. The molecule has 5 aromatic rings. The molecule has 10 heteroatoms. The van der Waals surface area contributed by atoms with E-state index in [1.807, 2.05) is 72.3 Å². The summed E-state index contributed by atoms with van der Waals surface area (Å²) in [6.07, 6.45) is 9.55. The summed E-state index contributed by atoms with van der Waals surface area (Å²) in [7, 11) is 1.62. The van der Waals surface area contributed by atoms with Gasteiger partial charge in [0.05, 0.1) is 42.4 Å². The Bertz CT molecular complexity index is 1610. The van der Waals surface area contributed by atoms with Gasteiger partial charge < -0.3 is 14.6 Å². The molecule has 2 aromatic carbocycles. The number of aromatic nitrogens is 7. The fourth-order valence-corrected chi connectivity index (χ4v) is 4.11. The highest BCUT2D eigenvalue weighted by atomic mass is 16.5. The normalized spacial score (nSPS) is 12.6. The van der Waals surface area contributed by atoms with Gasteiger partial charge in [0.25, 0.3) is 0 Å². The average Bonchev–Trinajstić information content (AvgIpc) is 3.28. The molecule has 1 amide bonds. The third-order valence-corrected chi connectivity index (χ3v) is 6.03. The van der Waals surface area contributed by atoms with Crippen molar-refractivity contribution in [3.8, 4) is 28.4 Å². The van der Waals surface area contributed by atoms with E-state index in [2.05, 4.69) is 37.9 Å². The first-order chi connectivity index (χ1) is 18.1. The number of hydrogen-bond donors (Lipinski definition) is 1. The molecule has 3 aromatic heterocycles. The van der Waals surface area contributed by atoms with E-state index in [4.69, 9.17) is 4.74 Å². The summed E-state index contributed by atoms with van der Waals surface area (Å²) in [4.78, 5) is 17.2. The zero-order chi connectivity index (χ0) is 25.4. The standard InChI is InChI=1S/C27H24N8O2/c1-18-14-33(17-28-18)24-11-10-20(12-25(24)37-2)23-15-34(32-30-23)16-27(36)29-26-13-22(19-8-9-19)31-35(26)21-6-4-3-5-7-21/h3-15,17,19H,16H2,1-2H3,(H,29,36). The number of aryl methyl sites for hydroxylation is 1. The van der Waals surface area contributed by atoms with Gasteiger partial charge >= 0.3 is 0 Å². The highest BCUT2D eigenvalue weighted by Crippen LogP contribution is 2.32. The number of allylic oxidation sites excluding steroid dienone is 2. The van der Waals surface area contributed by atoms with Gasteiger partial charge in [0.2, 0.25) is 5.91 Å². The maximum atomic E-state index is 12.9. The second-order valence-electron chi connectivity index (χ2n) is 8.77. The van der Waals surface area contributed by atoms with Crippen LogP contribution in [0.5, 0.6) is 5.75 Å². The van der Waals surface area contributed by atoms with Gasteiger partial charge in [-0.2, -0.15) is 5.10 Å². The van der Waals surface area contributed by atoms with Crippen molar-refractivity contribution >= 4 is 11.7 Å². The van der Waals surface area contributed by atoms with Crippen LogP contribution in [0.4, 0.5) is 5.82 Å². The minimum atomic E-state index is -0.229. The average molecular weight is 493 g/mol. The lowest BCUT2D eigenvalue weighted by Gasteiger charge is -2.10. The molecule has 184 valence electrons. The van der Waals surface area contributed by atoms with Crippen molar-refractivity contribution in [3.05, 3.63) is 96.9 Å². The molecular formula is C27H24N8O2. The maximum absolute atomic E-state index is 12.9. The van der Waals surface area contributed by atoms with E-state index < -0.39 is 0 Å². The van der Waals surface area contributed by atoms with Crippen LogP contribution < -0.4 is 10.1 Å². The molecule has 0 unspecified atom stereocenters. The fourth-order valence-electron chi connectivity index (χ4n) is 4.11. The molecule has 0 bridgehead atoms. The number of carbonyl (C=O) groups excluding carboxylic acids is 1. The van der Waals surface area contributed by atoms with Gasteiger partial charge in [0.1, 0.15) is 23.8 Å². The Kier molecular flexibility index (Phi) is 5.61. The Morgan fingerprint density at radius 2 is 1.92 bits per heavy atom. The highest BCUT2D eigenvalue weighted by molar-refractivity contribution is 5.90. The van der Waals surface area contributed by atoms with Crippen LogP contribution in [0.2, 0.25) is 0 Å². The third kappa shape index (κ3) is 4.64. The highest BCUT2D eigenvalue weighted by Gasteiger charge is 2.21. The quantitative estimate of drug-likeness (QED) is 0.329. The third-order valence-electron chi connectivity index (χ3n) is 6.03. The Hall–Kier alpha value is -4.99. The molecule has 0 radical (unpaired) electrons. The van der Waals surface area contributed by atoms with Gasteiger partial charge in [0, 0.05) is 23.7 Å². The summed E-state index contributed by atoms with van der Waals surface area (Å²) in [6, 6.07) is 17.4. The molecule has 6 rings (SSSR count). The molecule has 0 spiro atoms. The van der Waals surface area contributed by atoms with E-state index in [9.17, 15) is 4.79 Å². The van der Waals surface area contributed by atoms with Crippen LogP contribution >= 0.6 is 0 Å². The Morgan fingerprint density at radius 3 is 2.65 bits per heavy atom. The number of benzene rings is 2. The lowest BCUT2D eigenvalue weighted by molar-refractivity contribution is -0.117. The first-order valence-corrected chi connectivity index (χ1v) is 11.8. The second kappa shape index (κ2) is 9.23. The molecule has 0 aliphatic heterocycles. The van der Waals surface area contributed by atoms with Crippen LogP contribution in [-0.2, 0) is 11.3 Å². The largest absolute Gasteiger partial charge is 0.495 e. The number of methoxy groups -OCH3 is 1. The number of amides is 1. The lowest BCUT2D eigenvalue weighted by atomic mass is 10.1. The Balaban J connectivity index is 1.19. The van der Waals surface area contributed by atoms with Gasteiger partial charge in [-0.25, -0.2) is 14.3 Å². The topological polar surface area (TPSA) is 105 Å². The van der Waals surface area contributed by atoms with Gasteiger partial charge in [0.15, 0.2) is 0 Å². The molecule has 0 saturated heterocycles. The zero-order valence-corrected chi connectivity index (χ0v) is 20.3. The molecule has 1 N–H and O–H groups in total. The lowest BCUT2D eigenvalue weighted by Crippen LogP contribution is -2.20. The summed E-state index contributed by atoms with van der Waals surface area (Å²) in [5, 5.41) is 16.1. The van der Waals surface area contributed by atoms with Crippen LogP contribution in [0.3, 0.4) is 0 Å². The van der Waals surface area contributed by atoms with Crippen molar-refractivity contribution in [1.29, 1.82) is 0 Å². The summed E-state index contributed by atoms with van der Waals surface area (Å²) in [6.45, 7) is 1.94. The molecule has 3 heterocycles. The van der Waals surface area contributed by atoms with E-state index in [0.29, 0.717) is 17.3 Å². The van der Waals surface area contributed by atoms with E-state index in [1.54, 1.807) is 24.3 Å². The summed E-state index contributed by atoms with van der Waals surface area (Å²) in [5.74, 6) is 1.28. The van der Waals surface area contributed by atoms with Gasteiger partial charge in [-0.15, -0.1) is 5.10 Å². The van der Waals surface area contributed by atoms with Crippen LogP contribution in [0.1, 0.15) is 17.3 Å². The van der Waals surface area contributed by atoms with Crippen molar-refractivity contribution in [2.75, 3.05) is 12.4 Å². The number of nitrogens with zero attached hydrogens (tertiary/aromatic N) is 7. The van der Waals surface area contributed by atoms with Crippen molar-refractivity contribution in [3.63, 3.8) is 0 Å². The van der Waals surface area contributed by atoms with Crippen molar-refractivity contribution in [2.24, 2.45) is 0 Å². The van der Waals surface area contributed by atoms with Gasteiger partial charge in [-0.1, -0.05) is 41.6 Å². The van der Waals surface area contributed by atoms with Crippen molar-refractivity contribution in [2.45, 2.75) is 19.4 Å². The number of nitrogens with one attached hydrogen (secondary N) is 1. The number of imidazole rings is 1. The second-order valence-corrected chi connectivity index (χ2v) is 8.77.